The van der Waals surface area contributed by atoms with Crippen LogP contribution in [-0.4, -0.2) is 42.8 Å². The van der Waals surface area contributed by atoms with E-state index in [1.807, 2.05) is 20.8 Å². The van der Waals surface area contributed by atoms with Crippen molar-refractivity contribution < 1.29 is 18.3 Å². The number of rotatable bonds is 5. The van der Waals surface area contributed by atoms with Gasteiger partial charge in [0.2, 0.25) is 0 Å². The van der Waals surface area contributed by atoms with Crippen LogP contribution in [0.15, 0.2) is 18.2 Å². The average molecular weight is 379 g/mol. The lowest BCUT2D eigenvalue weighted by atomic mass is 9.73. The summed E-state index contributed by atoms with van der Waals surface area (Å²) in [6.45, 7) is 8.00. The van der Waals surface area contributed by atoms with Crippen LogP contribution in [0.2, 0.25) is 0 Å². The standard InChI is InChI=1S/C20H27F2N3O2/c1-19(2,3)27-18(26)24-9-4-10-25-11-7-20(14-23,8-12-25)16-6-5-15(21)13-17(16)22/h5-6,13H,4,7-12H2,1-3H3,(H,24,26). The molecule has 0 bridgehead atoms. The van der Waals surface area contributed by atoms with Crippen LogP contribution in [0.5, 0.6) is 0 Å². The first-order valence-corrected chi connectivity index (χ1v) is 9.21. The molecule has 5 nitrogen and oxygen atoms in total. The van der Waals surface area contributed by atoms with E-state index in [4.69, 9.17) is 4.74 Å². The van der Waals surface area contributed by atoms with Gasteiger partial charge in [-0.3, -0.25) is 0 Å². The fourth-order valence-electron chi connectivity index (χ4n) is 3.28. The number of hydrogen-bond acceptors (Lipinski definition) is 4. The Hall–Kier alpha value is -2.20. The van der Waals surface area contributed by atoms with E-state index in [0.717, 1.165) is 19.0 Å². The number of nitrogens with one attached hydrogen (secondary N) is 1. The topological polar surface area (TPSA) is 65.4 Å². The molecule has 0 atom stereocenters. The molecule has 2 rings (SSSR count). The van der Waals surface area contributed by atoms with Gasteiger partial charge in [-0.05, 0) is 65.7 Å². The second-order valence-corrected chi connectivity index (χ2v) is 7.94. The van der Waals surface area contributed by atoms with Crippen LogP contribution in [-0.2, 0) is 10.2 Å². The number of nitrogens with zero attached hydrogens (tertiary/aromatic N) is 2. The molecule has 0 aliphatic carbocycles. The number of carbonyl (C=O) groups is 1. The third-order valence-corrected chi connectivity index (χ3v) is 4.69. The van der Waals surface area contributed by atoms with Crippen molar-refractivity contribution >= 4 is 6.09 Å². The van der Waals surface area contributed by atoms with Crippen molar-refractivity contribution in [3.8, 4) is 6.07 Å². The summed E-state index contributed by atoms with van der Waals surface area (Å²) in [5.41, 5.74) is -1.16. The number of amides is 1. The smallest absolute Gasteiger partial charge is 0.407 e. The van der Waals surface area contributed by atoms with Crippen molar-refractivity contribution in [2.24, 2.45) is 0 Å². The molecular weight excluding hydrogens is 352 g/mol. The largest absolute Gasteiger partial charge is 0.444 e. The third kappa shape index (κ3) is 5.90. The van der Waals surface area contributed by atoms with Gasteiger partial charge in [0.25, 0.3) is 0 Å². The maximum absolute atomic E-state index is 14.1. The molecule has 1 saturated heterocycles. The van der Waals surface area contributed by atoms with E-state index in [1.54, 1.807) is 0 Å². The molecule has 0 aromatic heterocycles. The second-order valence-electron chi connectivity index (χ2n) is 7.94. The zero-order valence-corrected chi connectivity index (χ0v) is 16.1. The van der Waals surface area contributed by atoms with Gasteiger partial charge in [0.1, 0.15) is 17.2 Å². The Bertz CT molecular complexity index is 702. The number of likely N-dealkylation sites (tertiary alicyclic amines) is 1. The van der Waals surface area contributed by atoms with Gasteiger partial charge >= 0.3 is 6.09 Å². The number of ether oxygens (including phenoxy) is 1. The molecular formula is C20H27F2N3O2. The summed E-state index contributed by atoms with van der Waals surface area (Å²) in [5, 5.41) is 12.4. The Kier molecular flexibility index (Phi) is 6.77. The highest BCUT2D eigenvalue weighted by molar-refractivity contribution is 5.67. The molecule has 1 aromatic carbocycles. The highest BCUT2D eigenvalue weighted by atomic mass is 19.1. The van der Waals surface area contributed by atoms with Gasteiger partial charge in [0.15, 0.2) is 0 Å². The summed E-state index contributed by atoms with van der Waals surface area (Å²) in [6, 6.07) is 5.68. The van der Waals surface area contributed by atoms with Crippen molar-refractivity contribution in [3.63, 3.8) is 0 Å². The lowest BCUT2D eigenvalue weighted by molar-refractivity contribution is 0.0525. The number of benzene rings is 1. The highest BCUT2D eigenvalue weighted by Crippen LogP contribution is 2.36. The van der Waals surface area contributed by atoms with E-state index in [1.165, 1.54) is 12.1 Å². The monoisotopic (exact) mass is 379 g/mol. The summed E-state index contributed by atoms with van der Waals surface area (Å²) in [5.74, 6) is -1.30. The van der Waals surface area contributed by atoms with Crippen molar-refractivity contribution in [3.05, 3.63) is 35.4 Å². The minimum atomic E-state index is -0.914. The van der Waals surface area contributed by atoms with E-state index in [-0.39, 0.29) is 5.56 Å². The van der Waals surface area contributed by atoms with Crippen LogP contribution in [0.4, 0.5) is 13.6 Å². The molecule has 0 saturated carbocycles. The Morgan fingerprint density at radius 2 is 2.00 bits per heavy atom. The second kappa shape index (κ2) is 8.66. The molecule has 1 amide bonds. The highest BCUT2D eigenvalue weighted by Gasteiger charge is 2.38. The van der Waals surface area contributed by atoms with Gasteiger partial charge in [-0.1, -0.05) is 6.07 Å². The van der Waals surface area contributed by atoms with Crippen LogP contribution < -0.4 is 5.32 Å². The van der Waals surface area contributed by atoms with Crippen LogP contribution in [0.3, 0.4) is 0 Å². The molecule has 1 aliphatic rings. The lowest BCUT2D eigenvalue weighted by Crippen LogP contribution is -2.43. The number of alkyl carbamates (subject to hydrolysis) is 1. The van der Waals surface area contributed by atoms with E-state index in [0.29, 0.717) is 32.5 Å². The van der Waals surface area contributed by atoms with Crippen molar-refractivity contribution in [2.45, 2.75) is 51.0 Å². The summed E-state index contributed by atoms with van der Waals surface area (Å²) < 4.78 is 32.5. The summed E-state index contributed by atoms with van der Waals surface area (Å²) in [4.78, 5) is 13.8. The van der Waals surface area contributed by atoms with Gasteiger partial charge in [-0.15, -0.1) is 0 Å². The van der Waals surface area contributed by atoms with Crippen molar-refractivity contribution in [1.29, 1.82) is 5.26 Å². The van der Waals surface area contributed by atoms with E-state index in [2.05, 4.69) is 16.3 Å². The molecule has 1 fully saturated rings. The zero-order valence-electron chi connectivity index (χ0n) is 16.1. The maximum atomic E-state index is 14.1. The van der Waals surface area contributed by atoms with E-state index >= 15 is 0 Å². The van der Waals surface area contributed by atoms with Gasteiger partial charge in [-0.2, -0.15) is 5.26 Å². The maximum Gasteiger partial charge on any atom is 0.407 e. The average Bonchev–Trinajstić information content (AvgIpc) is 2.58. The van der Waals surface area contributed by atoms with Gasteiger partial charge in [0, 0.05) is 18.2 Å². The number of carbonyl (C=O) groups excluding carboxylic acids is 1. The Labute approximate surface area is 159 Å². The number of hydrogen-bond donors (Lipinski definition) is 1. The molecule has 27 heavy (non-hydrogen) atoms. The molecule has 148 valence electrons. The minimum Gasteiger partial charge on any atom is -0.444 e. The van der Waals surface area contributed by atoms with Crippen molar-refractivity contribution in [1.82, 2.24) is 10.2 Å². The Balaban J connectivity index is 1.81. The molecule has 0 spiro atoms. The minimum absolute atomic E-state index is 0.276. The first-order valence-electron chi connectivity index (χ1n) is 9.21. The molecule has 1 aromatic rings. The number of piperidine rings is 1. The van der Waals surface area contributed by atoms with Crippen LogP contribution in [0.1, 0.15) is 45.6 Å². The summed E-state index contributed by atoms with van der Waals surface area (Å²) >= 11 is 0. The first-order chi connectivity index (χ1) is 12.6. The van der Waals surface area contributed by atoms with Gasteiger partial charge in [0.05, 0.1) is 11.5 Å². The van der Waals surface area contributed by atoms with E-state index in [9.17, 15) is 18.8 Å². The predicted molar refractivity (Wildman–Crippen MR) is 98.2 cm³/mol. The van der Waals surface area contributed by atoms with Gasteiger partial charge in [-0.25, -0.2) is 13.6 Å². The number of halogens is 2. The molecule has 0 radical (unpaired) electrons. The summed E-state index contributed by atoms with van der Waals surface area (Å²) in [7, 11) is 0. The fraction of sp³-hybridized carbons (Fsp3) is 0.600. The lowest BCUT2D eigenvalue weighted by Gasteiger charge is -2.37. The zero-order chi connectivity index (χ0) is 20.1. The molecule has 1 heterocycles. The van der Waals surface area contributed by atoms with Crippen LogP contribution in [0, 0.1) is 23.0 Å². The SMILES string of the molecule is CC(C)(C)OC(=O)NCCCN1CCC(C#N)(c2ccc(F)cc2F)CC1. The fourth-order valence-corrected chi connectivity index (χ4v) is 3.28. The first kappa shape index (κ1) is 21.1. The van der Waals surface area contributed by atoms with Gasteiger partial charge < -0.3 is 15.0 Å². The van der Waals surface area contributed by atoms with Crippen LogP contribution in [0.25, 0.3) is 0 Å². The Morgan fingerprint density at radius 3 is 2.56 bits per heavy atom. The molecule has 7 heteroatoms. The Morgan fingerprint density at radius 1 is 1.33 bits per heavy atom. The quantitative estimate of drug-likeness (QED) is 0.792. The van der Waals surface area contributed by atoms with E-state index < -0.39 is 28.7 Å². The third-order valence-electron chi connectivity index (χ3n) is 4.69. The molecule has 0 unspecified atom stereocenters. The summed E-state index contributed by atoms with van der Waals surface area (Å²) in [6.07, 6.45) is 1.30. The molecule has 1 aliphatic heterocycles. The molecule has 1 N–H and O–H groups in total. The van der Waals surface area contributed by atoms with Crippen LogP contribution >= 0.6 is 0 Å². The normalized spacial score (nSPS) is 17.2. The predicted octanol–water partition coefficient (Wildman–Crippen LogP) is 3.74. The van der Waals surface area contributed by atoms with Crippen molar-refractivity contribution in [2.75, 3.05) is 26.2 Å². The number of nitriles is 1.